The highest BCUT2D eigenvalue weighted by Gasteiger charge is 2.57. The molecule has 0 fully saturated rings. The smallest absolute Gasteiger partial charge is 0.314 e. The summed E-state index contributed by atoms with van der Waals surface area (Å²) in [5.74, 6) is -2.16. The first-order chi connectivity index (χ1) is 7.69. The fourth-order valence-electron chi connectivity index (χ4n) is 2.32. The van der Waals surface area contributed by atoms with Crippen LogP contribution in [0.15, 0.2) is 12.2 Å². The van der Waals surface area contributed by atoms with Gasteiger partial charge in [0.25, 0.3) is 0 Å². The number of rotatable bonds is 3. The fraction of sp³-hybridized carbons (Fsp3) is 0.667. The van der Waals surface area contributed by atoms with E-state index in [0.717, 1.165) is 0 Å². The normalized spacial score (nSPS) is 37.1. The molecular weight excluding hydrogens is 288 g/mol. The molecule has 5 heteroatoms. The van der Waals surface area contributed by atoms with E-state index in [1.807, 2.05) is 0 Å². The largest absolute Gasteiger partial charge is 0.481 e. The van der Waals surface area contributed by atoms with Gasteiger partial charge in [-0.25, -0.2) is 0 Å². The summed E-state index contributed by atoms with van der Waals surface area (Å²) in [6.45, 7) is 5.17. The summed E-state index contributed by atoms with van der Waals surface area (Å²) in [7, 11) is 0. The van der Waals surface area contributed by atoms with Crippen LogP contribution in [0.5, 0.6) is 0 Å². The van der Waals surface area contributed by atoms with E-state index in [-0.39, 0.29) is 5.92 Å². The minimum absolute atomic E-state index is 0.195. The molecule has 1 aliphatic carbocycles. The topological polar surface area (TPSA) is 74.6 Å². The number of carboxylic acid groups (broad SMARTS) is 2. The fourth-order valence-corrected chi connectivity index (χ4v) is 3.58. The molecule has 0 aromatic rings. The number of carboxylic acids is 2. The quantitative estimate of drug-likeness (QED) is 0.620. The van der Waals surface area contributed by atoms with Gasteiger partial charge in [-0.1, -0.05) is 41.9 Å². The van der Waals surface area contributed by atoms with Crippen molar-refractivity contribution < 1.29 is 19.8 Å². The number of carbonyl (C=O) groups is 2. The lowest BCUT2D eigenvalue weighted by atomic mass is 9.61. The first-order valence-corrected chi connectivity index (χ1v) is 6.39. The summed E-state index contributed by atoms with van der Waals surface area (Å²) in [5, 5.41) is 18.8. The van der Waals surface area contributed by atoms with Gasteiger partial charge in [0.05, 0.1) is 10.2 Å². The lowest BCUT2D eigenvalue weighted by Crippen LogP contribution is -2.54. The number of halogens is 1. The van der Waals surface area contributed by atoms with Crippen molar-refractivity contribution in [1.82, 2.24) is 0 Å². The number of alkyl halides is 1. The molecule has 0 radical (unpaired) electrons. The van der Waals surface area contributed by atoms with Crippen LogP contribution in [0.2, 0.25) is 0 Å². The van der Waals surface area contributed by atoms with Crippen LogP contribution in [-0.4, -0.2) is 27.0 Å². The maximum atomic E-state index is 11.6. The summed E-state index contributed by atoms with van der Waals surface area (Å²) in [4.78, 5) is 22.3. The Morgan fingerprint density at radius 3 is 2.24 bits per heavy atom. The van der Waals surface area contributed by atoms with Crippen LogP contribution in [0.4, 0.5) is 0 Å². The molecule has 0 aromatic carbocycles. The average Bonchev–Trinajstić information content (AvgIpc) is 2.21. The van der Waals surface area contributed by atoms with Crippen molar-refractivity contribution in [1.29, 1.82) is 0 Å². The molecule has 0 amide bonds. The Kier molecular flexibility index (Phi) is 3.72. The van der Waals surface area contributed by atoms with E-state index in [1.165, 1.54) is 0 Å². The number of allylic oxidation sites excluding steroid dienone is 1. The van der Waals surface area contributed by atoms with Crippen LogP contribution in [0, 0.1) is 16.7 Å². The number of aliphatic carboxylic acids is 2. The van der Waals surface area contributed by atoms with Crippen LogP contribution >= 0.6 is 15.9 Å². The lowest BCUT2D eigenvalue weighted by molar-refractivity contribution is -0.156. The molecule has 2 N–H and O–H groups in total. The Balaban J connectivity index is 3.36. The van der Waals surface area contributed by atoms with Gasteiger partial charge < -0.3 is 10.2 Å². The second-order valence-corrected chi connectivity index (χ2v) is 6.00. The maximum Gasteiger partial charge on any atom is 0.314 e. The van der Waals surface area contributed by atoms with Crippen molar-refractivity contribution in [2.24, 2.45) is 16.7 Å². The highest BCUT2D eigenvalue weighted by molar-refractivity contribution is 9.09. The zero-order valence-corrected chi connectivity index (χ0v) is 11.7. The predicted octanol–water partition coefficient (Wildman–Crippen LogP) is 2.53. The second kappa shape index (κ2) is 4.44. The standard InChI is InChI=1S/C12H17BrO4/c1-7(2)12(10(16)17)6-4-5-11(3,8(12)13)9(14)15/h4,6-8H,5H2,1-3H3,(H,14,15)(H,16,17). The van der Waals surface area contributed by atoms with Crippen LogP contribution in [0.25, 0.3) is 0 Å². The van der Waals surface area contributed by atoms with Crippen molar-refractivity contribution in [3.63, 3.8) is 0 Å². The van der Waals surface area contributed by atoms with Crippen LogP contribution in [0.3, 0.4) is 0 Å². The number of hydrogen-bond acceptors (Lipinski definition) is 2. The molecular formula is C12H17BrO4. The van der Waals surface area contributed by atoms with Gasteiger partial charge in [0.2, 0.25) is 0 Å². The average molecular weight is 305 g/mol. The van der Waals surface area contributed by atoms with E-state index in [9.17, 15) is 19.8 Å². The highest BCUT2D eigenvalue weighted by Crippen LogP contribution is 2.51. The molecule has 0 bridgehead atoms. The van der Waals surface area contributed by atoms with E-state index in [2.05, 4.69) is 15.9 Å². The summed E-state index contributed by atoms with van der Waals surface area (Å²) >= 11 is 3.32. The minimum Gasteiger partial charge on any atom is -0.481 e. The molecule has 0 saturated heterocycles. The first-order valence-electron chi connectivity index (χ1n) is 5.48. The molecule has 0 heterocycles. The Morgan fingerprint density at radius 2 is 1.88 bits per heavy atom. The molecule has 0 aromatic heterocycles. The highest BCUT2D eigenvalue weighted by atomic mass is 79.9. The SMILES string of the molecule is CC(C)C1(C(=O)O)C=CCC(C)(C(=O)O)C1Br. The molecule has 3 unspecified atom stereocenters. The molecule has 17 heavy (non-hydrogen) atoms. The van der Waals surface area contributed by atoms with Crippen molar-refractivity contribution in [3.05, 3.63) is 12.2 Å². The van der Waals surface area contributed by atoms with Crippen molar-refractivity contribution in [3.8, 4) is 0 Å². The van der Waals surface area contributed by atoms with Crippen molar-refractivity contribution >= 4 is 27.9 Å². The van der Waals surface area contributed by atoms with E-state index >= 15 is 0 Å². The Morgan fingerprint density at radius 1 is 1.35 bits per heavy atom. The van der Waals surface area contributed by atoms with Crippen LogP contribution in [-0.2, 0) is 9.59 Å². The monoisotopic (exact) mass is 304 g/mol. The molecule has 4 nitrogen and oxygen atoms in total. The van der Waals surface area contributed by atoms with E-state index in [1.54, 1.807) is 32.9 Å². The summed E-state index contributed by atoms with van der Waals surface area (Å²) in [6, 6.07) is 0. The van der Waals surface area contributed by atoms with Crippen molar-refractivity contribution in [2.75, 3.05) is 0 Å². The van der Waals surface area contributed by atoms with Gasteiger partial charge in [0.15, 0.2) is 0 Å². The zero-order valence-electron chi connectivity index (χ0n) is 10.1. The molecule has 0 spiro atoms. The van der Waals surface area contributed by atoms with E-state index in [4.69, 9.17) is 0 Å². The van der Waals surface area contributed by atoms with Gasteiger partial charge in [0, 0.05) is 0 Å². The Labute approximate surface area is 109 Å². The Bertz CT molecular complexity index is 377. The van der Waals surface area contributed by atoms with Crippen LogP contribution < -0.4 is 0 Å². The van der Waals surface area contributed by atoms with E-state index in [0.29, 0.717) is 6.42 Å². The first kappa shape index (κ1) is 14.2. The Hall–Kier alpha value is -0.840. The summed E-state index contributed by atoms with van der Waals surface area (Å²) in [5.41, 5.74) is -2.28. The van der Waals surface area contributed by atoms with Gasteiger partial charge in [-0.3, -0.25) is 9.59 Å². The van der Waals surface area contributed by atoms with Gasteiger partial charge in [-0.2, -0.15) is 0 Å². The zero-order chi connectivity index (χ0) is 13.4. The molecule has 0 aliphatic heterocycles. The minimum atomic E-state index is -1.18. The number of hydrogen-bond donors (Lipinski definition) is 2. The maximum absolute atomic E-state index is 11.6. The summed E-state index contributed by atoms with van der Waals surface area (Å²) in [6.07, 6.45) is 3.63. The third-order valence-corrected chi connectivity index (χ3v) is 5.50. The van der Waals surface area contributed by atoms with Crippen LogP contribution in [0.1, 0.15) is 27.2 Å². The third-order valence-electron chi connectivity index (χ3n) is 3.73. The summed E-state index contributed by atoms with van der Waals surface area (Å²) < 4.78 is 0. The molecule has 96 valence electrons. The third kappa shape index (κ3) is 1.90. The predicted molar refractivity (Wildman–Crippen MR) is 67.1 cm³/mol. The molecule has 1 rings (SSSR count). The lowest BCUT2D eigenvalue weighted by Gasteiger charge is -2.45. The van der Waals surface area contributed by atoms with Crippen molar-refractivity contribution in [2.45, 2.75) is 32.0 Å². The van der Waals surface area contributed by atoms with Gasteiger partial charge in [-0.15, -0.1) is 0 Å². The van der Waals surface area contributed by atoms with Gasteiger partial charge in [0.1, 0.15) is 5.41 Å². The second-order valence-electron chi connectivity index (χ2n) is 5.08. The van der Waals surface area contributed by atoms with Gasteiger partial charge >= 0.3 is 11.9 Å². The van der Waals surface area contributed by atoms with E-state index < -0.39 is 27.6 Å². The molecule has 0 saturated carbocycles. The van der Waals surface area contributed by atoms with Gasteiger partial charge in [-0.05, 0) is 19.3 Å². The molecule has 1 aliphatic rings. The molecule has 3 atom stereocenters.